The number of nitrogens with one attached hydrogen (secondary N) is 1. The minimum absolute atomic E-state index is 0.333. The summed E-state index contributed by atoms with van der Waals surface area (Å²) >= 11 is 11.3. The summed E-state index contributed by atoms with van der Waals surface area (Å²) in [6, 6.07) is 3.24. The van der Waals surface area contributed by atoms with E-state index in [2.05, 4.69) is 15.6 Å². The Labute approximate surface area is 116 Å². The molecule has 0 aliphatic carbocycles. The number of nitrogens with zero attached hydrogens (tertiary/aromatic N) is 2. The van der Waals surface area contributed by atoms with E-state index in [-0.39, 0.29) is 0 Å². The average molecular weight is 304 g/mol. The van der Waals surface area contributed by atoms with Crippen LogP contribution in [0.15, 0.2) is 24.4 Å². The maximum atomic E-state index is 12.3. The molecule has 0 aliphatic rings. The zero-order valence-corrected chi connectivity index (χ0v) is 11.7. The van der Waals surface area contributed by atoms with Crippen molar-refractivity contribution in [1.29, 1.82) is 5.26 Å². The number of aromatic nitrogens is 1. The molecular weight excluding hydrogens is 293 g/mol. The predicted octanol–water partition coefficient (Wildman–Crippen LogP) is 2.41. The van der Waals surface area contributed by atoms with Gasteiger partial charge in [-0.1, -0.05) is 17.7 Å². The number of hydrogen-bond donors (Lipinski definition) is 1. The lowest BCUT2D eigenvalue weighted by molar-refractivity contribution is 0.684. The van der Waals surface area contributed by atoms with Gasteiger partial charge in [0.05, 0.1) is 14.6 Å². The van der Waals surface area contributed by atoms with Gasteiger partial charge >= 0.3 is 0 Å². The van der Waals surface area contributed by atoms with Crippen LogP contribution in [-0.4, -0.2) is 20.9 Å². The largest absolute Gasteiger partial charge is 0.246 e. The monoisotopic (exact) mass is 303 g/mol. The number of nitriles is 1. The Hall–Kier alpha value is -1.22. The van der Waals surface area contributed by atoms with Crippen LogP contribution in [0.4, 0.5) is 0 Å². The molecule has 96 valence electrons. The summed E-state index contributed by atoms with van der Waals surface area (Å²) in [5, 5.41) is 8.93. The molecule has 0 saturated heterocycles. The summed E-state index contributed by atoms with van der Waals surface area (Å²) in [4.78, 5) is 4.31. The van der Waals surface area contributed by atoms with Gasteiger partial charge in [-0.25, -0.2) is 13.9 Å². The number of alkyl halides is 1. The second-order valence-electron chi connectivity index (χ2n) is 3.30. The van der Waals surface area contributed by atoms with Crippen molar-refractivity contribution in [2.24, 2.45) is 0 Å². The molecule has 0 aliphatic heterocycles. The summed E-state index contributed by atoms with van der Waals surface area (Å²) in [6.45, 7) is 0. The summed E-state index contributed by atoms with van der Waals surface area (Å²) in [6.07, 6.45) is 5.31. The van der Waals surface area contributed by atoms with Crippen molar-refractivity contribution in [3.8, 4) is 6.19 Å². The summed E-state index contributed by atoms with van der Waals surface area (Å²) in [7, 11) is -2.90. The molecule has 1 aromatic heterocycles. The van der Waals surface area contributed by atoms with Crippen LogP contribution in [0, 0.1) is 11.5 Å². The Kier molecular flexibility index (Phi) is 5.48. The number of rotatable bonds is 5. The van der Waals surface area contributed by atoms with Gasteiger partial charge in [0.15, 0.2) is 6.19 Å². The Morgan fingerprint density at radius 2 is 2.39 bits per heavy atom. The molecule has 0 spiro atoms. The smallest absolute Gasteiger partial charge is 0.189 e. The van der Waals surface area contributed by atoms with Crippen LogP contribution >= 0.6 is 23.2 Å². The Morgan fingerprint density at radius 3 is 2.89 bits per heavy atom. The van der Waals surface area contributed by atoms with E-state index in [1.54, 1.807) is 24.4 Å². The summed E-state index contributed by atoms with van der Waals surface area (Å²) in [5.41, 5.74) is 0.590. The molecule has 4 nitrogen and oxygen atoms in total. The van der Waals surface area contributed by atoms with Gasteiger partial charge in [-0.05, 0) is 24.4 Å². The third-order valence-corrected chi connectivity index (χ3v) is 3.99. The molecule has 1 heterocycles. The summed E-state index contributed by atoms with van der Waals surface area (Å²) < 4.78 is 14.5. The zero-order chi connectivity index (χ0) is 13.6. The highest BCUT2D eigenvalue weighted by molar-refractivity contribution is 8.07. The highest BCUT2D eigenvalue weighted by Crippen LogP contribution is 2.21. The lowest BCUT2D eigenvalue weighted by atomic mass is 10.2. The van der Waals surface area contributed by atoms with Gasteiger partial charge in [-0.15, -0.1) is 11.6 Å². The molecule has 1 rings (SSSR count). The van der Waals surface area contributed by atoms with E-state index in [1.165, 1.54) is 6.20 Å². The Morgan fingerprint density at radius 1 is 1.67 bits per heavy atom. The van der Waals surface area contributed by atoms with Crippen molar-refractivity contribution in [2.45, 2.75) is 6.42 Å². The lowest BCUT2D eigenvalue weighted by Crippen LogP contribution is -2.19. The van der Waals surface area contributed by atoms with Crippen molar-refractivity contribution < 1.29 is 4.21 Å². The third kappa shape index (κ3) is 3.91. The quantitative estimate of drug-likeness (QED) is 0.299. The van der Waals surface area contributed by atoms with E-state index >= 15 is 0 Å². The normalized spacial score (nSPS) is 14.6. The maximum Gasteiger partial charge on any atom is 0.189 e. The van der Waals surface area contributed by atoms with Crippen LogP contribution in [0.5, 0.6) is 0 Å². The van der Waals surface area contributed by atoms with E-state index in [0.29, 0.717) is 27.9 Å². The minimum Gasteiger partial charge on any atom is -0.246 e. The van der Waals surface area contributed by atoms with Gasteiger partial charge in [-0.3, -0.25) is 0 Å². The van der Waals surface area contributed by atoms with Gasteiger partial charge in [0.1, 0.15) is 5.15 Å². The van der Waals surface area contributed by atoms with Gasteiger partial charge in [-0.2, -0.15) is 5.26 Å². The number of hydrogen-bond acceptors (Lipinski definition) is 3. The highest BCUT2D eigenvalue weighted by atomic mass is 35.5. The van der Waals surface area contributed by atoms with Crippen molar-refractivity contribution in [1.82, 2.24) is 9.71 Å². The molecule has 1 N–H and O–H groups in total. The van der Waals surface area contributed by atoms with Gasteiger partial charge in [0.25, 0.3) is 0 Å². The molecule has 0 fully saturated rings. The molecule has 1 atom stereocenters. The van der Waals surface area contributed by atoms with Crippen molar-refractivity contribution in [3.05, 3.63) is 35.1 Å². The third-order valence-electron chi connectivity index (χ3n) is 2.02. The fourth-order valence-electron chi connectivity index (χ4n) is 1.28. The van der Waals surface area contributed by atoms with E-state index in [0.717, 1.165) is 0 Å². The molecule has 1 aromatic rings. The van der Waals surface area contributed by atoms with Crippen LogP contribution in [0.25, 0.3) is 4.91 Å². The second kappa shape index (κ2) is 6.64. The average Bonchev–Trinajstić information content (AvgIpc) is 2.31. The Bertz CT molecular complexity index is 573. The molecule has 0 radical (unpaired) electrons. The topological polar surface area (TPSA) is 65.8 Å². The van der Waals surface area contributed by atoms with Gasteiger partial charge in [0.2, 0.25) is 0 Å². The fourth-order valence-corrected chi connectivity index (χ4v) is 2.65. The standard InChI is InChI=1S/C11H11Cl2N3OS/c1-18(17,16-8-14)10(3-2-6-12)9-4-5-11(13)15-7-9/h3-5,7H,1-2,6H2,(H,16,17)/b10-3-. The van der Waals surface area contributed by atoms with Crippen LogP contribution in [0.2, 0.25) is 5.15 Å². The van der Waals surface area contributed by atoms with E-state index in [1.807, 2.05) is 0 Å². The number of allylic oxidation sites excluding steroid dienone is 1. The first-order valence-corrected chi connectivity index (χ1v) is 7.56. The van der Waals surface area contributed by atoms with Gasteiger partial charge < -0.3 is 0 Å². The SMILES string of the molecule is C=S(=O)(NC#N)/C(=C\CCCl)c1ccc(Cl)nc1. The minimum atomic E-state index is -2.90. The maximum absolute atomic E-state index is 12.3. The first-order chi connectivity index (χ1) is 8.51. The van der Waals surface area contributed by atoms with E-state index < -0.39 is 9.71 Å². The zero-order valence-electron chi connectivity index (χ0n) is 9.40. The number of halogens is 2. The predicted molar refractivity (Wildman–Crippen MR) is 76.6 cm³/mol. The first kappa shape index (κ1) is 14.8. The van der Waals surface area contributed by atoms with Crippen molar-refractivity contribution in [2.75, 3.05) is 5.88 Å². The molecule has 1 unspecified atom stereocenters. The lowest BCUT2D eigenvalue weighted by Gasteiger charge is -2.11. The van der Waals surface area contributed by atoms with Gasteiger partial charge in [0, 0.05) is 17.6 Å². The summed E-state index contributed by atoms with van der Waals surface area (Å²) in [5.74, 6) is 3.92. The molecular formula is C11H11Cl2N3OS. The molecule has 0 amide bonds. The molecule has 0 saturated carbocycles. The van der Waals surface area contributed by atoms with E-state index in [4.69, 9.17) is 28.5 Å². The number of pyridine rings is 1. The second-order valence-corrected chi connectivity index (χ2v) is 6.06. The van der Waals surface area contributed by atoms with Crippen LogP contribution in [0.1, 0.15) is 12.0 Å². The molecule has 7 heteroatoms. The molecule has 0 bridgehead atoms. The van der Waals surface area contributed by atoms with Crippen LogP contribution < -0.4 is 4.72 Å². The fraction of sp³-hybridized carbons (Fsp3) is 0.182. The highest BCUT2D eigenvalue weighted by Gasteiger charge is 2.13. The van der Waals surface area contributed by atoms with E-state index in [9.17, 15) is 4.21 Å². The van der Waals surface area contributed by atoms with Crippen molar-refractivity contribution in [3.63, 3.8) is 0 Å². The van der Waals surface area contributed by atoms with Crippen LogP contribution in [-0.2, 0) is 9.71 Å². The molecule has 0 aromatic carbocycles. The first-order valence-electron chi connectivity index (χ1n) is 4.92. The Balaban J connectivity index is 3.23. The van der Waals surface area contributed by atoms with Crippen molar-refractivity contribution >= 4 is 43.7 Å². The molecule has 18 heavy (non-hydrogen) atoms. The van der Waals surface area contributed by atoms with Crippen LogP contribution in [0.3, 0.4) is 0 Å².